The molecule has 0 aliphatic heterocycles. The Morgan fingerprint density at radius 2 is 1.11 bits per heavy atom. The lowest BCUT2D eigenvalue weighted by Gasteiger charge is -1.89. The third-order valence-corrected chi connectivity index (χ3v) is 2.83. The average molecular weight is 394 g/mol. The quantitative estimate of drug-likeness (QED) is 0.293. The lowest BCUT2D eigenvalue weighted by molar-refractivity contribution is -0.445. The third kappa shape index (κ3) is 2.98. The molecule has 142 valence electrons. The van der Waals surface area contributed by atoms with Gasteiger partial charge in [-0.3, -0.25) is 0 Å². The van der Waals surface area contributed by atoms with Gasteiger partial charge < -0.3 is 9.05 Å². The first-order valence-corrected chi connectivity index (χ1v) is 6.67. The van der Waals surface area contributed by atoms with E-state index in [-0.39, 0.29) is 46.5 Å². The number of nitrogens with one attached hydrogen (secondary N) is 2. The monoisotopic (exact) mass is 394 g/mol. The van der Waals surface area contributed by atoms with Crippen molar-refractivity contribution in [1.29, 1.82) is 0 Å². The van der Waals surface area contributed by atoms with Crippen LogP contribution in [0.15, 0.2) is 18.3 Å². The summed E-state index contributed by atoms with van der Waals surface area (Å²) >= 11 is 0. The van der Waals surface area contributed by atoms with Gasteiger partial charge in [-0.05, 0) is 20.6 Å². The highest BCUT2D eigenvalue weighted by Gasteiger charge is 2.26. The standard InChI is InChI=1S/C8H2N12O8/c21-19(22)11-5-1(13-27-17-5)3-9-7(25-15-3)8-10-4(16-26-8)2-6(12-20(23)24)18-28-14-2/h(H,11,17)(H,12,18). The molecule has 0 spiro atoms. The van der Waals surface area contributed by atoms with E-state index in [2.05, 4.69) is 50.2 Å². The van der Waals surface area contributed by atoms with Gasteiger partial charge in [-0.2, -0.15) is 9.97 Å². The highest BCUT2D eigenvalue weighted by molar-refractivity contribution is 5.66. The number of nitrogens with zero attached hydrogens (tertiary/aromatic N) is 10. The number of hydrogen-bond donors (Lipinski definition) is 2. The van der Waals surface area contributed by atoms with Crippen molar-refractivity contribution in [1.82, 2.24) is 40.9 Å². The first kappa shape index (κ1) is 16.4. The summed E-state index contributed by atoms with van der Waals surface area (Å²) in [5, 5.41) is 39.7. The number of anilines is 2. The van der Waals surface area contributed by atoms with Gasteiger partial charge in [-0.1, -0.05) is 21.2 Å². The van der Waals surface area contributed by atoms with Crippen LogP contribution >= 0.6 is 0 Å². The largest absolute Gasteiger partial charge is 0.328 e. The Morgan fingerprint density at radius 3 is 1.50 bits per heavy atom. The van der Waals surface area contributed by atoms with Crippen molar-refractivity contribution < 1.29 is 28.4 Å². The van der Waals surface area contributed by atoms with Crippen molar-refractivity contribution in [2.45, 2.75) is 0 Å². The third-order valence-electron chi connectivity index (χ3n) is 2.83. The van der Waals surface area contributed by atoms with Crippen LogP contribution in [0.25, 0.3) is 34.8 Å². The van der Waals surface area contributed by atoms with Gasteiger partial charge in [-0.25, -0.2) is 29.5 Å². The predicted octanol–water partition coefficient (Wildman–Crippen LogP) is -0.573. The van der Waals surface area contributed by atoms with Gasteiger partial charge in [0.15, 0.2) is 10.1 Å². The highest BCUT2D eigenvalue weighted by Crippen LogP contribution is 2.27. The van der Waals surface area contributed by atoms with E-state index >= 15 is 0 Å². The van der Waals surface area contributed by atoms with E-state index < -0.39 is 10.1 Å². The van der Waals surface area contributed by atoms with Crippen LogP contribution in [0.5, 0.6) is 0 Å². The lowest BCUT2D eigenvalue weighted by Crippen LogP contribution is -2.09. The molecule has 0 amide bonds. The molecular weight excluding hydrogens is 392 g/mol. The van der Waals surface area contributed by atoms with Crippen molar-refractivity contribution in [3.63, 3.8) is 0 Å². The van der Waals surface area contributed by atoms with Crippen molar-refractivity contribution >= 4 is 11.6 Å². The molecule has 0 bridgehead atoms. The molecule has 20 nitrogen and oxygen atoms in total. The summed E-state index contributed by atoms with van der Waals surface area (Å²) in [6.45, 7) is 0. The molecule has 4 rings (SSSR count). The first-order chi connectivity index (χ1) is 13.5. The SMILES string of the molecule is O=[N+]([O-])Nc1nonc1-c1noc(-c2nc(-c3nonc3N[N+](=O)[O-])no2)n1. The van der Waals surface area contributed by atoms with Crippen LogP contribution in [-0.2, 0) is 0 Å². The first-order valence-electron chi connectivity index (χ1n) is 6.67. The van der Waals surface area contributed by atoms with Crippen LogP contribution in [-0.4, -0.2) is 51.0 Å². The average Bonchev–Trinajstić information content (AvgIpc) is 3.40. The molecule has 20 heteroatoms. The Bertz CT molecular complexity index is 1070. The number of hydrazine groups is 2. The Kier molecular flexibility index (Phi) is 3.73. The van der Waals surface area contributed by atoms with Crippen LogP contribution in [0, 0.1) is 20.2 Å². The summed E-state index contributed by atoms with van der Waals surface area (Å²) in [6, 6.07) is 0. The Balaban J connectivity index is 1.61. The molecule has 0 radical (unpaired) electrons. The molecule has 0 saturated heterocycles. The van der Waals surface area contributed by atoms with Gasteiger partial charge in [0, 0.05) is 0 Å². The van der Waals surface area contributed by atoms with E-state index in [1.807, 2.05) is 0 Å². The van der Waals surface area contributed by atoms with Crippen LogP contribution in [0.1, 0.15) is 0 Å². The topological polar surface area (TPSA) is 266 Å². The summed E-state index contributed by atoms with van der Waals surface area (Å²) in [7, 11) is 0. The van der Waals surface area contributed by atoms with Crippen LogP contribution < -0.4 is 10.9 Å². The highest BCUT2D eigenvalue weighted by atomic mass is 16.7. The Labute approximate surface area is 148 Å². The molecule has 28 heavy (non-hydrogen) atoms. The molecule has 4 aromatic heterocycles. The lowest BCUT2D eigenvalue weighted by atomic mass is 10.4. The zero-order valence-corrected chi connectivity index (χ0v) is 12.7. The van der Waals surface area contributed by atoms with E-state index in [0.29, 0.717) is 0 Å². The van der Waals surface area contributed by atoms with Crippen LogP contribution in [0.3, 0.4) is 0 Å². The summed E-state index contributed by atoms with van der Waals surface area (Å²) in [6.07, 6.45) is 0. The maximum absolute atomic E-state index is 10.5. The summed E-state index contributed by atoms with van der Waals surface area (Å²) in [5.41, 5.74) is 3.04. The van der Waals surface area contributed by atoms with Gasteiger partial charge in [-0.15, -0.1) is 0 Å². The smallest absolute Gasteiger partial charge is 0.316 e. The minimum Gasteiger partial charge on any atom is -0.328 e. The fourth-order valence-corrected chi connectivity index (χ4v) is 1.80. The normalized spacial score (nSPS) is 10.7. The van der Waals surface area contributed by atoms with E-state index in [0.717, 1.165) is 0 Å². The van der Waals surface area contributed by atoms with Gasteiger partial charge in [0.1, 0.15) is 0 Å². The van der Waals surface area contributed by atoms with Gasteiger partial charge in [0.25, 0.3) is 11.6 Å². The van der Waals surface area contributed by atoms with Crippen molar-refractivity contribution in [2.24, 2.45) is 0 Å². The van der Waals surface area contributed by atoms with Gasteiger partial charge in [0.05, 0.1) is 0 Å². The van der Waals surface area contributed by atoms with Crippen molar-refractivity contribution in [3.05, 3.63) is 20.2 Å². The fraction of sp³-hybridized carbons (Fsp3) is 0. The second-order valence-corrected chi connectivity index (χ2v) is 4.51. The molecule has 4 aromatic rings. The number of nitro groups is 2. The maximum atomic E-state index is 10.5. The van der Waals surface area contributed by atoms with Crippen molar-refractivity contribution in [2.75, 3.05) is 10.9 Å². The number of aromatic nitrogens is 8. The van der Waals surface area contributed by atoms with Gasteiger partial charge >= 0.3 is 11.8 Å². The van der Waals surface area contributed by atoms with E-state index in [9.17, 15) is 20.2 Å². The minimum atomic E-state index is -0.892. The molecule has 0 fully saturated rings. The molecule has 2 N–H and O–H groups in total. The fourth-order valence-electron chi connectivity index (χ4n) is 1.80. The summed E-state index contributed by atoms with van der Waals surface area (Å²) in [5.74, 6) is -1.81. The molecule has 4 heterocycles. The molecule has 0 saturated carbocycles. The molecule has 0 unspecified atom stereocenters. The Morgan fingerprint density at radius 1 is 0.679 bits per heavy atom. The second kappa shape index (κ2) is 6.36. The number of hydrogen-bond acceptors (Lipinski definition) is 16. The molecule has 0 aliphatic carbocycles. The Hall–Kier alpha value is -5.04. The zero-order valence-electron chi connectivity index (χ0n) is 12.7. The van der Waals surface area contributed by atoms with Crippen LogP contribution in [0.2, 0.25) is 0 Å². The van der Waals surface area contributed by atoms with Crippen molar-refractivity contribution in [3.8, 4) is 34.8 Å². The maximum Gasteiger partial charge on any atom is 0.316 e. The van der Waals surface area contributed by atoms with Gasteiger partial charge in [0.2, 0.25) is 23.0 Å². The predicted molar refractivity (Wildman–Crippen MR) is 75.4 cm³/mol. The van der Waals surface area contributed by atoms with Crippen LogP contribution in [0.4, 0.5) is 11.6 Å². The summed E-state index contributed by atoms with van der Waals surface area (Å²) in [4.78, 5) is 28.8. The zero-order chi connectivity index (χ0) is 19.7. The minimum absolute atomic E-state index is 0.218. The molecule has 0 atom stereocenters. The molecule has 0 aliphatic rings. The second-order valence-electron chi connectivity index (χ2n) is 4.51. The van der Waals surface area contributed by atoms with E-state index in [1.165, 1.54) is 0 Å². The van der Waals surface area contributed by atoms with E-state index in [4.69, 9.17) is 9.05 Å². The number of rotatable bonds is 7. The molecular formula is C8H2N12O8. The summed E-state index contributed by atoms with van der Waals surface area (Å²) < 4.78 is 18.6. The molecule has 0 aromatic carbocycles. The van der Waals surface area contributed by atoms with E-state index in [1.54, 1.807) is 10.9 Å².